The molecular weight excluding hydrogens is 404 g/mol. The van der Waals surface area contributed by atoms with Gasteiger partial charge in [0.05, 0.1) is 6.04 Å². The summed E-state index contributed by atoms with van der Waals surface area (Å²) in [5.41, 5.74) is 2.01. The predicted molar refractivity (Wildman–Crippen MR) is 106 cm³/mol. The van der Waals surface area contributed by atoms with E-state index in [1.807, 2.05) is 6.07 Å². The molecule has 3 heterocycles. The Kier molecular flexibility index (Phi) is 5.62. The number of fused-ring (bicyclic) bond motifs is 1. The summed E-state index contributed by atoms with van der Waals surface area (Å²) in [6.45, 7) is 0.624. The summed E-state index contributed by atoms with van der Waals surface area (Å²) in [4.78, 5) is 62.9. The van der Waals surface area contributed by atoms with Gasteiger partial charge in [0.25, 0.3) is 5.91 Å². The SMILES string of the molecule is CN1C(=O)CCC1COC(=O)NCc1ccc2c(c1)C(=O)N(C1CCC(=O)NC1=O)C2. The summed E-state index contributed by atoms with van der Waals surface area (Å²) in [6.07, 6.45) is 1.06. The molecule has 31 heavy (non-hydrogen) atoms. The van der Waals surface area contributed by atoms with Gasteiger partial charge in [-0.25, -0.2) is 4.79 Å². The Balaban J connectivity index is 1.31. The number of carbonyl (C=O) groups is 5. The molecule has 1 aromatic rings. The highest BCUT2D eigenvalue weighted by molar-refractivity contribution is 6.05. The summed E-state index contributed by atoms with van der Waals surface area (Å²) in [5, 5.41) is 4.93. The Hall–Kier alpha value is -3.43. The van der Waals surface area contributed by atoms with E-state index in [4.69, 9.17) is 4.74 Å². The predicted octanol–water partition coefficient (Wildman–Crippen LogP) is 0.295. The van der Waals surface area contributed by atoms with Crippen LogP contribution in [0.2, 0.25) is 0 Å². The summed E-state index contributed by atoms with van der Waals surface area (Å²) in [7, 11) is 1.70. The largest absolute Gasteiger partial charge is 0.447 e. The lowest BCUT2D eigenvalue weighted by Crippen LogP contribution is -2.52. The summed E-state index contributed by atoms with van der Waals surface area (Å²) >= 11 is 0. The first kappa shape index (κ1) is 20.8. The van der Waals surface area contributed by atoms with E-state index in [2.05, 4.69) is 10.6 Å². The van der Waals surface area contributed by atoms with Crippen LogP contribution in [0, 0.1) is 0 Å². The summed E-state index contributed by atoms with van der Waals surface area (Å²) < 4.78 is 5.21. The van der Waals surface area contributed by atoms with Crippen LogP contribution >= 0.6 is 0 Å². The zero-order valence-corrected chi connectivity index (χ0v) is 17.2. The first-order chi connectivity index (χ1) is 14.8. The summed E-state index contributed by atoms with van der Waals surface area (Å²) in [6, 6.07) is 4.56. The third kappa shape index (κ3) is 4.23. The molecule has 0 aromatic heterocycles. The van der Waals surface area contributed by atoms with E-state index in [0.29, 0.717) is 31.4 Å². The molecular formula is C21H24N4O6. The van der Waals surface area contributed by atoms with Crippen molar-refractivity contribution in [2.24, 2.45) is 0 Å². The molecule has 3 aliphatic rings. The molecule has 2 N–H and O–H groups in total. The molecule has 3 aliphatic heterocycles. The number of carbonyl (C=O) groups excluding carboxylic acids is 5. The number of imide groups is 1. The molecule has 10 heteroatoms. The molecule has 0 spiro atoms. The molecule has 2 fully saturated rings. The van der Waals surface area contributed by atoms with E-state index in [9.17, 15) is 24.0 Å². The maximum atomic E-state index is 12.8. The zero-order valence-electron chi connectivity index (χ0n) is 17.2. The third-order valence-electron chi connectivity index (χ3n) is 6.07. The minimum Gasteiger partial charge on any atom is -0.447 e. The van der Waals surface area contributed by atoms with Crippen molar-refractivity contribution >= 4 is 29.7 Å². The summed E-state index contributed by atoms with van der Waals surface area (Å²) in [5.74, 6) is -0.987. The van der Waals surface area contributed by atoms with Gasteiger partial charge in [-0.3, -0.25) is 24.5 Å². The quantitative estimate of drug-likeness (QED) is 0.650. The van der Waals surface area contributed by atoms with Crippen molar-refractivity contribution < 1.29 is 28.7 Å². The zero-order chi connectivity index (χ0) is 22.1. The van der Waals surface area contributed by atoms with Crippen molar-refractivity contribution in [2.75, 3.05) is 13.7 Å². The number of nitrogens with zero attached hydrogens (tertiary/aromatic N) is 2. The molecule has 0 radical (unpaired) electrons. The van der Waals surface area contributed by atoms with Crippen LogP contribution in [0.3, 0.4) is 0 Å². The van der Waals surface area contributed by atoms with Crippen molar-refractivity contribution in [1.82, 2.24) is 20.4 Å². The van der Waals surface area contributed by atoms with Crippen LogP contribution in [0.15, 0.2) is 18.2 Å². The molecule has 0 saturated carbocycles. The fourth-order valence-corrected chi connectivity index (χ4v) is 4.17. The maximum absolute atomic E-state index is 12.8. The average Bonchev–Trinajstić information content (AvgIpc) is 3.24. The van der Waals surface area contributed by atoms with Gasteiger partial charge in [0.15, 0.2) is 0 Å². The van der Waals surface area contributed by atoms with Crippen LogP contribution in [0.5, 0.6) is 0 Å². The van der Waals surface area contributed by atoms with E-state index < -0.39 is 18.0 Å². The molecule has 2 saturated heterocycles. The van der Waals surface area contributed by atoms with E-state index >= 15 is 0 Å². The fourth-order valence-electron chi connectivity index (χ4n) is 4.17. The van der Waals surface area contributed by atoms with Gasteiger partial charge in [0, 0.05) is 38.5 Å². The number of hydrogen-bond acceptors (Lipinski definition) is 6. The Labute approximate surface area is 178 Å². The highest BCUT2D eigenvalue weighted by atomic mass is 16.5. The number of hydrogen-bond donors (Lipinski definition) is 2. The van der Waals surface area contributed by atoms with Crippen molar-refractivity contribution in [3.05, 3.63) is 34.9 Å². The topological polar surface area (TPSA) is 125 Å². The molecule has 164 valence electrons. The number of nitrogens with one attached hydrogen (secondary N) is 2. The smallest absolute Gasteiger partial charge is 0.407 e. The minimum absolute atomic E-state index is 0.0446. The molecule has 5 amide bonds. The maximum Gasteiger partial charge on any atom is 0.407 e. The van der Waals surface area contributed by atoms with Gasteiger partial charge in [-0.15, -0.1) is 0 Å². The number of alkyl carbamates (subject to hydrolysis) is 1. The second-order valence-corrected chi connectivity index (χ2v) is 8.04. The molecule has 4 rings (SSSR count). The number of rotatable bonds is 5. The second kappa shape index (κ2) is 8.37. The molecule has 2 unspecified atom stereocenters. The van der Waals surface area contributed by atoms with Crippen molar-refractivity contribution in [3.8, 4) is 0 Å². The molecule has 1 aromatic carbocycles. The Morgan fingerprint density at radius 2 is 2.00 bits per heavy atom. The van der Waals surface area contributed by atoms with Crippen LogP contribution in [-0.4, -0.2) is 65.3 Å². The van der Waals surface area contributed by atoms with Crippen LogP contribution < -0.4 is 10.6 Å². The monoisotopic (exact) mass is 428 g/mol. The van der Waals surface area contributed by atoms with Gasteiger partial charge in [0.1, 0.15) is 12.6 Å². The van der Waals surface area contributed by atoms with E-state index in [1.54, 1.807) is 24.1 Å². The van der Waals surface area contributed by atoms with Crippen LogP contribution in [0.25, 0.3) is 0 Å². The van der Waals surface area contributed by atoms with Crippen molar-refractivity contribution in [1.29, 1.82) is 0 Å². The van der Waals surface area contributed by atoms with Crippen LogP contribution in [0.4, 0.5) is 4.79 Å². The van der Waals surface area contributed by atoms with Crippen molar-refractivity contribution in [3.63, 3.8) is 0 Å². The lowest BCUT2D eigenvalue weighted by molar-refractivity contribution is -0.137. The number of likely N-dealkylation sites (tertiary alicyclic amines) is 1. The van der Waals surface area contributed by atoms with Gasteiger partial charge < -0.3 is 19.9 Å². The van der Waals surface area contributed by atoms with E-state index in [1.165, 1.54) is 4.90 Å². The number of ether oxygens (including phenoxy) is 1. The Morgan fingerprint density at radius 1 is 1.19 bits per heavy atom. The Bertz CT molecular complexity index is 961. The molecule has 10 nitrogen and oxygen atoms in total. The molecule has 0 aliphatic carbocycles. The third-order valence-corrected chi connectivity index (χ3v) is 6.07. The minimum atomic E-state index is -0.658. The highest BCUT2D eigenvalue weighted by Crippen LogP contribution is 2.28. The van der Waals surface area contributed by atoms with Crippen molar-refractivity contribution in [2.45, 2.75) is 50.9 Å². The van der Waals surface area contributed by atoms with Gasteiger partial charge in [-0.05, 0) is 30.0 Å². The number of piperidine rings is 1. The van der Waals surface area contributed by atoms with Crippen LogP contribution in [-0.2, 0) is 32.2 Å². The van der Waals surface area contributed by atoms with Gasteiger partial charge in [-0.1, -0.05) is 12.1 Å². The van der Waals surface area contributed by atoms with E-state index in [-0.39, 0.29) is 43.3 Å². The highest BCUT2D eigenvalue weighted by Gasteiger charge is 2.39. The van der Waals surface area contributed by atoms with E-state index in [0.717, 1.165) is 11.1 Å². The van der Waals surface area contributed by atoms with Gasteiger partial charge >= 0.3 is 6.09 Å². The average molecular weight is 428 g/mol. The van der Waals surface area contributed by atoms with Gasteiger partial charge in [0.2, 0.25) is 17.7 Å². The Morgan fingerprint density at radius 3 is 2.71 bits per heavy atom. The first-order valence-electron chi connectivity index (χ1n) is 10.3. The van der Waals surface area contributed by atoms with Crippen LogP contribution in [0.1, 0.15) is 47.2 Å². The molecule has 0 bridgehead atoms. The van der Waals surface area contributed by atoms with Gasteiger partial charge in [-0.2, -0.15) is 0 Å². The second-order valence-electron chi connectivity index (χ2n) is 8.04. The lowest BCUT2D eigenvalue weighted by Gasteiger charge is -2.29. The first-order valence-corrected chi connectivity index (χ1v) is 10.3. The lowest BCUT2D eigenvalue weighted by atomic mass is 10.0. The number of benzene rings is 1. The normalized spacial score (nSPS) is 23.1. The number of likely N-dealkylation sites (N-methyl/N-ethyl adjacent to an activating group) is 1. The number of amides is 5. The fraction of sp³-hybridized carbons (Fsp3) is 0.476. The molecule has 2 atom stereocenters. The standard InChI is InChI=1S/C21H24N4O6/c1-24-14(4-7-18(24)27)11-31-21(30)22-9-12-2-3-13-10-25(20(29)15(13)8-12)16-5-6-17(26)23-19(16)28/h2-3,8,14,16H,4-7,9-11H2,1H3,(H,22,30)(H,23,26,28).